The molecule has 16 heavy (non-hydrogen) atoms. The van der Waals surface area contributed by atoms with E-state index in [1.54, 1.807) is 6.26 Å². The normalized spacial score (nSPS) is 16.2. The molecule has 0 fully saturated rings. The predicted octanol–water partition coefficient (Wildman–Crippen LogP) is 1.51. The van der Waals surface area contributed by atoms with Gasteiger partial charge in [0.2, 0.25) is 0 Å². The summed E-state index contributed by atoms with van der Waals surface area (Å²) in [7, 11) is 0. The lowest BCUT2D eigenvalue weighted by Crippen LogP contribution is -2.22. The number of carbonyl (C=O) groups is 1. The van der Waals surface area contributed by atoms with Crippen molar-refractivity contribution in [2.75, 3.05) is 11.4 Å². The van der Waals surface area contributed by atoms with Gasteiger partial charge in [-0.15, -0.1) is 0 Å². The van der Waals surface area contributed by atoms with Crippen molar-refractivity contribution in [3.05, 3.63) is 35.8 Å². The second kappa shape index (κ2) is 3.48. The average molecular weight is 214 g/mol. The van der Waals surface area contributed by atoms with E-state index in [4.69, 9.17) is 4.74 Å². The topological polar surface area (TPSA) is 41.9 Å². The molecule has 0 aromatic heterocycles. The van der Waals surface area contributed by atoms with Gasteiger partial charge in [-0.1, -0.05) is 12.1 Å². The lowest BCUT2D eigenvalue weighted by molar-refractivity contribution is -0.107. The Kier molecular flexibility index (Phi) is 1.99. The van der Waals surface area contributed by atoms with E-state index >= 15 is 0 Å². The summed E-state index contributed by atoms with van der Waals surface area (Å²) in [6.45, 7) is 0.757. The van der Waals surface area contributed by atoms with Gasteiger partial charge in [-0.25, -0.2) is 4.99 Å². The molecule has 2 aliphatic rings. The number of aldehydes is 1. The number of fused-ring (bicyclic) bond motifs is 3. The molecule has 0 radical (unpaired) electrons. The lowest BCUT2D eigenvalue weighted by Gasteiger charge is -2.26. The van der Waals surface area contributed by atoms with Gasteiger partial charge < -0.3 is 14.4 Å². The van der Waals surface area contributed by atoms with E-state index in [2.05, 4.69) is 9.89 Å². The van der Waals surface area contributed by atoms with E-state index in [9.17, 15) is 4.79 Å². The number of rotatable bonds is 2. The maximum Gasteiger partial charge on any atom is 0.168 e. The van der Waals surface area contributed by atoms with E-state index in [0.717, 1.165) is 35.7 Å². The molecule has 2 aliphatic heterocycles. The number of hydrogen-bond donors (Lipinski definition) is 0. The van der Waals surface area contributed by atoms with Crippen LogP contribution in [-0.2, 0) is 11.2 Å². The molecule has 0 unspecified atom stereocenters. The molecule has 0 saturated heterocycles. The van der Waals surface area contributed by atoms with Gasteiger partial charge in [0.05, 0.1) is 12.2 Å². The third-order valence-corrected chi connectivity index (χ3v) is 2.72. The zero-order chi connectivity index (χ0) is 11.0. The van der Waals surface area contributed by atoms with Crippen LogP contribution in [-0.4, -0.2) is 19.0 Å². The minimum absolute atomic E-state index is 0.376. The van der Waals surface area contributed by atoms with Crippen LogP contribution in [0.5, 0.6) is 5.75 Å². The molecule has 80 valence electrons. The van der Waals surface area contributed by atoms with Crippen molar-refractivity contribution in [2.24, 2.45) is 4.99 Å². The van der Waals surface area contributed by atoms with Crippen LogP contribution in [0.1, 0.15) is 5.56 Å². The number of nitrogens with zero attached hydrogens (tertiary/aromatic N) is 2. The highest BCUT2D eigenvalue weighted by molar-refractivity contribution is 5.79. The molecule has 0 amide bonds. The number of para-hydroxylation sites is 1. The Balaban J connectivity index is 2.08. The summed E-state index contributed by atoms with van der Waals surface area (Å²) in [6.07, 6.45) is 4.73. The van der Waals surface area contributed by atoms with Crippen LogP contribution < -0.4 is 9.64 Å². The molecule has 0 N–H and O–H groups in total. The smallest absolute Gasteiger partial charge is 0.168 e. The molecule has 2 heterocycles. The molecule has 4 heteroatoms. The quantitative estimate of drug-likeness (QED) is 0.701. The zero-order valence-corrected chi connectivity index (χ0v) is 8.59. The summed E-state index contributed by atoms with van der Waals surface area (Å²) >= 11 is 0. The Hall–Kier alpha value is -2.10. The van der Waals surface area contributed by atoms with E-state index in [1.807, 2.05) is 24.4 Å². The Morgan fingerprint density at radius 3 is 3.31 bits per heavy atom. The van der Waals surface area contributed by atoms with Crippen molar-refractivity contribution in [1.29, 1.82) is 0 Å². The maximum absolute atomic E-state index is 10.6. The Labute approximate surface area is 92.9 Å². The highest BCUT2D eigenvalue weighted by Crippen LogP contribution is 2.38. The van der Waals surface area contributed by atoms with E-state index < -0.39 is 0 Å². The molecule has 0 saturated carbocycles. The van der Waals surface area contributed by atoms with Crippen LogP contribution in [0.4, 0.5) is 5.69 Å². The first-order valence-corrected chi connectivity index (χ1v) is 5.12. The number of carbonyl (C=O) groups excluding carboxylic acids is 1. The van der Waals surface area contributed by atoms with Crippen molar-refractivity contribution >= 4 is 18.2 Å². The first-order chi connectivity index (χ1) is 7.90. The Morgan fingerprint density at radius 1 is 1.50 bits per heavy atom. The number of hydrogen-bond acceptors (Lipinski definition) is 4. The third kappa shape index (κ3) is 1.23. The van der Waals surface area contributed by atoms with Crippen LogP contribution in [0.25, 0.3) is 0 Å². The number of anilines is 1. The van der Waals surface area contributed by atoms with Gasteiger partial charge in [0.15, 0.2) is 11.6 Å². The highest BCUT2D eigenvalue weighted by Gasteiger charge is 2.24. The summed E-state index contributed by atoms with van der Waals surface area (Å²) in [5.74, 6) is 1.58. The molecule has 4 nitrogen and oxygen atoms in total. The third-order valence-electron chi connectivity index (χ3n) is 2.72. The SMILES string of the molecule is O=CCc1cccc2c1OC=C1N=CCN12. The largest absolute Gasteiger partial charge is 0.459 e. The second-order valence-electron chi connectivity index (χ2n) is 3.65. The standard InChI is InChI=1S/C12H10N2O2/c15-7-4-9-2-1-3-10-12(9)16-8-11-13-5-6-14(10)11/h1-3,5,7-8H,4,6H2. The summed E-state index contributed by atoms with van der Waals surface area (Å²) in [5, 5.41) is 0. The first-order valence-electron chi connectivity index (χ1n) is 5.12. The van der Waals surface area contributed by atoms with Crippen molar-refractivity contribution in [3.8, 4) is 5.75 Å². The van der Waals surface area contributed by atoms with Crippen LogP contribution >= 0.6 is 0 Å². The first kappa shape index (κ1) is 9.15. The fourth-order valence-electron chi connectivity index (χ4n) is 1.98. The number of benzene rings is 1. The minimum atomic E-state index is 0.376. The van der Waals surface area contributed by atoms with Gasteiger partial charge in [-0.3, -0.25) is 0 Å². The van der Waals surface area contributed by atoms with Crippen LogP contribution in [0.2, 0.25) is 0 Å². The Bertz CT molecular complexity index is 506. The fraction of sp³-hybridized carbons (Fsp3) is 0.167. The fourth-order valence-corrected chi connectivity index (χ4v) is 1.98. The minimum Gasteiger partial charge on any atom is -0.459 e. The van der Waals surface area contributed by atoms with Gasteiger partial charge in [0.1, 0.15) is 12.5 Å². The molecular weight excluding hydrogens is 204 g/mol. The predicted molar refractivity (Wildman–Crippen MR) is 60.8 cm³/mol. The molecule has 1 aromatic carbocycles. The summed E-state index contributed by atoms with van der Waals surface area (Å²) < 4.78 is 5.54. The van der Waals surface area contributed by atoms with E-state index in [0.29, 0.717) is 6.42 Å². The second-order valence-corrected chi connectivity index (χ2v) is 3.65. The Morgan fingerprint density at radius 2 is 2.44 bits per heavy atom. The lowest BCUT2D eigenvalue weighted by atomic mass is 10.1. The van der Waals surface area contributed by atoms with Crippen LogP contribution in [0.15, 0.2) is 35.3 Å². The van der Waals surface area contributed by atoms with Crippen molar-refractivity contribution in [2.45, 2.75) is 6.42 Å². The summed E-state index contributed by atoms with van der Waals surface area (Å²) in [5.41, 5.74) is 1.89. The summed E-state index contributed by atoms with van der Waals surface area (Å²) in [4.78, 5) is 16.8. The zero-order valence-electron chi connectivity index (χ0n) is 8.59. The van der Waals surface area contributed by atoms with Gasteiger partial charge in [-0.2, -0.15) is 0 Å². The van der Waals surface area contributed by atoms with Crippen LogP contribution in [0.3, 0.4) is 0 Å². The molecule has 0 bridgehead atoms. The van der Waals surface area contributed by atoms with Crippen molar-refractivity contribution in [3.63, 3.8) is 0 Å². The van der Waals surface area contributed by atoms with Gasteiger partial charge in [0.25, 0.3) is 0 Å². The van der Waals surface area contributed by atoms with Crippen molar-refractivity contribution < 1.29 is 9.53 Å². The molecule has 1 aromatic rings. The molecule has 0 aliphatic carbocycles. The monoisotopic (exact) mass is 214 g/mol. The molecule has 0 spiro atoms. The van der Waals surface area contributed by atoms with Crippen molar-refractivity contribution in [1.82, 2.24) is 0 Å². The van der Waals surface area contributed by atoms with Gasteiger partial charge in [0, 0.05) is 18.2 Å². The van der Waals surface area contributed by atoms with Gasteiger partial charge in [-0.05, 0) is 6.07 Å². The van der Waals surface area contributed by atoms with E-state index in [-0.39, 0.29) is 0 Å². The highest BCUT2D eigenvalue weighted by atomic mass is 16.5. The van der Waals surface area contributed by atoms with Gasteiger partial charge >= 0.3 is 0 Å². The maximum atomic E-state index is 10.6. The molecular formula is C12H10N2O2. The number of aliphatic imine (C=N–C) groups is 1. The molecule has 0 atom stereocenters. The summed E-state index contributed by atoms with van der Waals surface area (Å²) in [6, 6.07) is 5.82. The molecule has 3 rings (SSSR count). The van der Waals surface area contributed by atoms with Crippen LogP contribution in [0, 0.1) is 0 Å². The number of ether oxygens (including phenoxy) is 1. The average Bonchev–Trinajstić information content (AvgIpc) is 2.78. The van der Waals surface area contributed by atoms with E-state index in [1.165, 1.54) is 0 Å².